The van der Waals surface area contributed by atoms with Gasteiger partial charge in [0.2, 0.25) is 0 Å². The molecule has 1 aliphatic heterocycles. The zero-order valence-electron chi connectivity index (χ0n) is 6.21. The largest absolute Gasteiger partial charge is 0.393 e. The predicted molar refractivity (Wildman–Crippen MR) is 39.7 cm³/mol. The fourth-order valence-corrected chi connectivity index (χ4v) is 2.32. The highest BCUT2D eigenvalue weighted by molar-refractivity contribution is 4.89. The van der Waals surface area contributed by atoms with E-state index in [-0.39, 0.29) is 6.10 Å². The molecule has 1 aliphatic carbocycles. The lowest BCUT2D eigenvalue weighted by Crippen LogP contribution is -2.31. The second-order valence-corrected chi connectivity index (χ2v) is 3.58. The van der Waals surface area contributed by atoms with Gasteiger partial charge in [-0.2, -0.15) is 0 Å². The Morgan fingerprint density at radius 3 is 2.90 bits per heavy atom. The highest BCUT2D eigenvalue weighted by Gasteiger charge is 2.35. The molecule has 58 valence electrons. The number of rotatable bonds is 0. The van der Waals surface area contributed by atoms with Crippen LogP contribution < -0.4 is 5.32 Å². The Morgan fingerprint density at radius 1 is 1.20 bits per heavy atom. The normalized spacial score (nSPS) is 47.1. The molecule has 2 nitrogen and oxygen atoms in total. The number of fused-ring (bicyclic) bond motifs is 1. The van der Waals surface area contributed by atoms with E-state index in [0.29, 0.717) is 5.92 Å². The first kappa shape index (κ1) is 6.62. The van der Waals surface area contributed by atoms with Crippen LogP contribution in [0.2, 0.25) is 0 Å². The highest BCUT2D eigenvalue weighted by Crippen LogP contribution is 2.32. The molecule has 0 spiro atoms. The molecule has 3 atom stereocenters. The fourth-order valence-electron chi connectivity index (χ4n) is 2.32. The van der Waals surface area contributed by atoms with Crippen molar-refractivity contribution in [3.8, 4) is 0 Å². The summed E-state index contributed by atoms with van der Waals surface area (Å²) in [7, 11) is 0. The zero-order chi connectivity index (χ0) is 6.97. The Morgan fingerprint density at radius 2 is 2.10 bits per heavy atom. The Bertz CT molecular complexity index is 126. The lowest BCUT2D eigenvalue weighted by atomic mass is 9.80. The minimum absolute atomic E-state index is 0.00579. The van der Waals surface area contributed by atoms with Crippen molar-refractivity contribution in [2.75, 3.05) is 13.1 Å². The van der Waals surface area contributed by atoms with Crippen molar-refractivity contribution < 1.29 is 5.11 Å². The zero-order valence-corrected chi connectivity index (χ0v) is 6.21. The molecule has 2 N–H and O–H groups in total. The van der Waals surface area contributed by atoms with Crippen LogP contribution in [0.25, 0.3) is 0 Å². The van der Waals surface area contributed by atoms with E-state index >= 15 is 0 Å². The first-order valence-corrected chi connectivity index (χ1v) is 4.26. The van der Waals surface area contributed by atoms with Gasteiger partial charge < -0.3 is 10.4 Å². The molecule has 10 heavy (non-hydrogen) atoms. The number of aliphatic hydroxyl groups is 1. The van der Waals surface area contributed by atoms with Crippen LogP contribution in [0.4, 0.5) is 0 Å². The minimum atomic E-state index is -0.00579. The van der Waals surface area contributed by atoms with Crippen LogP contribution in [-0.2, 0) is 0 Å². The molecule has 2 heteroatoms. The van der Waals surface area contributed by atoms with E-state index in [1.54, 1.807) is 0 Å². The van der Waals surface area contributed by atoms with Crippen LogP contribution in [0.3, 0.4) is 0 Å². The highest BCUT2D eigenvalue weighted by atomic mass is 16.3. The maximum Gasteiger partial charge on any atom is 0.0583 e. The topological polar surface area (TPSA) is 32.3 Å². The van der Waals surface area contributed by atoms with Gasteiger partial charge in [0.05, 0.1) is 6.10 Å². The summed E-state index contributed by atoms with van der Waals surface area (Å²) in [6.45, 7) is 2.19. The van der Waals surface area contributed by atoms with Crippen LogP contribution in [0.5, 0.6) is 0 Å². The van der Waals surface area contributed by atoms with Crippen molar-refractivity contribution in [3.63, 3.8) is 0 Å². The molecule has 0 aromatic rings. The van der Waals surface area contributed by atoms with Gasteiger partial charge >= 0.3 is 0 Å². The van der Waals surface area contributed by atoms with Gasteiger partial charge in [-0.3, -0.25) is 0 Å². The van der Waals surface area contributed by atoms with Gasteiger partial charge in [0.15, 0.2) is 0 Å². The molecule has 0 unspecified atom stereocenters. The maximum atomic E-state index is 9.54. The number of hydrogen-bond acceptors (Lipinski definition) is 2. The summed E-state index contributed by atoms with van der Waals surface area (Å²) in [5.41, 5.74) is 0. The molecule has 2 aliphatic rings. The number of hydrogen-bond donors (Lipinski definition) is 2. The Hall–Kier alpha value is -0.0800. The monoisotopic (exact) mass is 141 g/mol. The predicted octanol–water partition coefficient (Wildman–Crippen LogP) is 0.367. The molecule has 2 fully saturated rings. The van der Waals surface area contributed by atoms with Crippen molar-refractivity contribution in [2.24, 2.45) is 11.8 Å². The molecule has 0 radical (unpaired) electrons. The summed E-state index contributed by atoms with van der Waals surface area (Å²) < 4.78 is 0. The lowest BCUT2D eigenvalue weighted by molar-refractivity contribution is 0.0563. The van der Waals surface area contributed by atoms with E-state index in [4.69, 9.17) is 0 Å². The van der Waals surface area contributed by atoms with Gasteiger partial charge in [-0.25, -0.2) is 0 Å². The van der Waals surface area contributed by atoms with E-state index < -0.39 is 0 Å². The van der Waals surface area contributed by atoms with E-state index in [1.807, 2.05) is 0 Å². The second-order valence-electron chi connectivity index (χ2n) is 3.58. The van der Waals surface area contributed by atoms with Crippen molar-refractivity contribution in [2.45, 2.75) is 25.4 Å². The molecule has 0 bridgehead atoms. The van der Waals surface area contributed by atoms with Gasteiger partial charge in [0.25, 0.3) is 0 Å². The minimum Gasteiger partial charge on any atom is -0.393 e. The van der Waals surface area contributed by atoms with Gasteiger partial charge in [-0.15, -0.1) is 0 Å². The first-order chi connectivity index (χ1) is 4.88. The van der Waals surface area contributed by atoms with Gasteiger partial charge in [-0.05, 0) is 25.3 Å². The molecular formula is C8H15NO. The number of aliphatic hydroxyl groups excluding tert-OH is 1. The SMILES string of the molecule is O[C@@H]1CCC[C@@H]2CNC[C@H]21. The average Bonchev–Trinajstić information content (AvgIpc) is 2.36. The van der Waals surface area contributed by atoms with Crippen LogP contribution in [0, 0.1) is 11.8 Å². The van der Waals surface area contributed by atoms with Crippen LogP contribution in [0.15, 0.2) is 0 Å². The standard InChI is InChI=1S/C8H15NO/c10-8-3-1-2-6-4-9-5-7(6)8/h6-10H,1-5H2/t6-,7-,8-/m1/s1. The van der Waals surface area contributed by atoms with Crippen molar-refractivity contribution in [1.29, 1.82) is 0 Å². The molecule has 0 amide bonds. The third kappa shape index (κ3) is 0.956. The van der Waals surface area contributed by atoms with Crippen molar-refractivity contribution in [3.05, 3.63) is 0 Å². The third-order valence-electron chi connectivity index (χ3n) is 2.96. The Kier molecular flexibility index (Phi) is 1.66. The van der Waals surface area contributed by atoms with E-state index in [9.17, 15) is 5.11 Å². The van der Waals surface area contributed by atoms with E-state index in [1.165, 1.54) is 12.8 Å². The van der Waals surface area contributed by atoms with E-state index in [0.717, 1.165) is 25.4 Å². The average molecular weight is 141 g/mol. The molecule has 0 aromatic heterocycles. The lowest BCUT2D eigenvalue weighted by Gasteiger charge is -2.28. The molecule has 1 saturated carbocycles. The third-order valence-corrected chi connectivity index (χ3v) is 2.96. The first-order valence-electron chi connectivity index (χ1n) is 4.26. The summed E-state index contributed by atoms with van der Waals surface area (Å²) >= 11 is 0. The van der Waals surface area contributed by atoms with Crippen LogP contribution in [0.1, 0.15) is 19.3 Å². The quantitative estimate of drug-likeness (QED) is 0.510. The van der Waals surface area contributed by atoms with Crippen LogP contribution in [-0.4, -0.2) is 24.3 Å². The van der Waals surface area contributed by atoms with Gasteiger partial charge in [0, 0.05) is 12.5 Å². The Labute approximate surface area is 61.6 Å². The molecule has 0 aromatic carbocycles. The summed E-state index contributed by atoms with van der Waals surface area (Å²) in [6.07, 6.45) is 3.58. The summed E-state index contributed by atoms with van der Waals surface area (Å²) in [4.78, 5) is 0. The summed E-state index contributed by atoms with van der Waals surface area (Å²) in [6, 6.07) is 0. The summed E-state index contributed by atoms with van der Waals surface area (Å²) in [5.74, 6) is 1.36. The van der Waals surface area contributed by atoms with Crippen molar-refractivity contribution >= 4 is 0 Å². The smallest absolute Gasteiger partial charge is 0.0583 e. The number of nitrogens with one attached hydrogen (secondary N) is 1. The molecule has 1 saturated heterocycles. The molecule has 1 heterocycles. The fraction of sp³-hybridized carbons (Fsp3) is 1.00. The maximum absolute atomic E-state index is 9.54. The van der Waals surface area contributed by atoms with Gasteiger partial charge in [0.1, 0.15) is 0 Å². The molecule has 2 rings (SSSR count). The molecular weight excluding hydrogens is 126 g/mol. The van der Waals surface area contributed by atoms with Crippen LogP contribution >= 0.6 is 0 Å². The summed E-state index contributed by atoms with van der Waals surface area (Å²) in [5, 5.41) is 12.9. The van der Waals surface area contributed by atoms with E-state index in [2.05, 4.69) is 5.32 Å². The van der Waals surface area contributed by atoms with Gasteiger partial charge in [-0.1, -0.05) is 6.42 Å². The second kappa shape index (κ2) is 2.51. The van der Waals surface area contributed by atoms with Crippen molar-refractivity contribution in [1.82, 2.24) is 5.32 Å². The Balaban J connectivity index is 2.03.